The summed E-state index contributed by atoms with van der Waals surface area (Å²) in [6.07, 6.45) is -3.71. The van der Waals surface area contributed by atoms with Crippen LogP contribution in [0.25, 0.3) is 0 Å². The topological polar surface area (TPSA) is 107 Å². The van der Waals surface area contributed by atoms with Crippen molar-refractivity contribution in [3.8, 4) is 0 Å². The van der Waals surface area contributed by atoms with Crippen molar-refractivity contribution < 1.29 is 38.7 Å². The Balaban J connectivity index is 2.07. The highest BCUT2D eigenvalue weighted by molar-refractivity contribution is 5.70. The van der Waals surface area contributed by atoms with E-state index in [1.54, 1.807) is 20.8 Å². The first-order valence-corrected chi connectivity index (χ1v) is 13.0. The molecule has 0 unspecified atom stereocenters. The molecule has 1 heterocycles. The minimum atomic E-state index is -1.19. The Morgan fingerprint density at radius 3 is 2.11 bits per heavy atom. The number of methoxy groups -OCH3 is 1. The van der Waals surface area contributed by atoms with Crippen molar-refractivity contribution >= 4 is 5.97 Å². The smallest absolute Gasteiger partial charge is 0.308 e. The lowest BCUT2D eigenvalue weighted by Gasteiger charge is -2.42. The predicted molar refractivity (Wildman–Crippen MR) is 141 cm³/mol. The van der Waals surface area contributed by atoms with Crippen LogP contribution in [-0.4, -0.2) is 84.4 Å². The zero-order chi connectivity index (χ0) is 27.5. The zero-order valence-corrected chi connectivity index (χ0v) is 22.7. The molecule has 5 atom stereocenters. The van der Waals surface area contributed by atoms with Crippen LogP contribution in [0.15, 0.2) is 60.7 Å². The van der Waals surface area contributed by atoms with Gasteiger partial charge in [-0.25, -0.2) is 0 Å². The number of carbonyl (C=O) groups excluding carboxylic acids is 1. The Morgan fingerprint density at radius 2 is 1.61 bits per heavy atom. The number of hydrogen-bond donors (Lipinski definition) is 2. The zero-order valence-electron chi connectivity index (χ0n) is 22.7. The molecule has 0 saturated carbocycles. The van der Waals surface area contributed by atoms with Crippen LogP contribution < -0.4 is 0 Å². The first-order chi connectivity index (χ1) is 18.3. The number of ether oxygens (including phenoxy) is 5. The first-order valence-electron chi connectivity index (χ1n) is 13.0. The number of esters is 1. The van der Waals surface area contributed by atoms with Crippen molar-refractivity contribution in [1.82, 2.24) is 4.90 Å². The second-order valence-electron chi connectivity index (χ2n) is 9.80. The Labute approximate surface area is 225 Å². The van der Waals surface area contributed by atoms with E-state index in [4.69, 9.17) is 23.7 Å². The van der Waals surface area contributed by atoms with Gasteiger partial charge in [0.25, 0.3) is 0 Å². The predicted octanol–water partition coefficient (Wildman–Crippen LogP) is 2.87. The number of nitrogens with zero attached hydrogens (tertiary/aromatic N) is 1. The summed E-state index contributed by atoms with van der Waals surface area (Å²) < 4.78 is 28.8. The highest BCUT2D eigenvalue weighted by Crippen LogP contribution is 2.35. The van der Waals surface area contributed by atoms with Gasteiger partial charge in [0.2, 0.25) is 0 Å². The summed E-state index contributed by atoms with van der Waals surface area (Å²) in [5.74, 6) is -1.50. The molecule has 0 aliphatic carbocycles. The van der Waals surface area contributed by atoms with Crippen LogP contribution >= 0.6 is 0 Å². The van der Waals surface area contributed by atoms with E-state index in [0.29, 0.717) is 13.1 Å². The van der Waals surface area contributed by atoms with Gasteiger partial charge in [0.15, 0.2) is 5.79 Å². The quantitative estimate of drug-likeness (QED) is 0.265. The lowest BCUT2D eigenvalue weighted by atomic mass is 9.92. The average Bonchev–Trinajstić information content (AvgIpc) is 3.21. The van der Waals surface area contributed by atoms with Crippen molar-refractivity contribution in [2.45, 2.75) is 76.5 Å². The van der Waals surface area contributed by atoms with Crippen molar-refractivity contribution in [2.75, 3.05) is 27.1 Å². The molecule has 38 heavy (non-hydrogen) atoms. The Hall–Kier alpha value is -2.37. The highest BCUT2D eigenvalue weighted by Gasteiger charge is 2.50. The molecule has 210 valence electrons. The molecule has 9 nitrogen and oxygen atoms in total. The third-order valence-corrected chi connectivity index (χ3v) is 6.39. The molecule has 1 aliphatic heterocycles. The maximum absolute atomic E-state index is 12.5. The summed E-state index contributed by atoms with van der Waals surface area (Å²) in [6.45, 7) is 5.97. The molecule has 0 aromatic heterocycles. The minimum absolute atomic E-state index is 0.0871. The molecule has 0 spiro atoms. The van der Waals surface area contributed by atoms with Gasteiger partial charge >= 0.3 is 5.97 Å². The molecule has 0 radical (unpaired) electrons. The number of aliphatic hydroxyl groups excluding tert-OH is 2. The second kappa shape index (κ2) is 14.7. The van der Waals surface area contributed by atoms with Gasteiger partial charge in [0.1, 0.15) is 25.1 Å². The molecule has 2 aromatic rings. The molecule has 3 rings (SSSR count). The number of carbonyl (C=O) groups is 1. The van der Waals surface area contributed by atoms with Crippen molar-refractivity contribution in [1.29, 1.82) is 0 Å². The number of rotatable bonds is 15. The minimum Gasteiger partial charge on any atom is -0.466 e. The maximum atomic E-state index is 12.5. The second-order valence-corrected chi connectivity index (χ2v) is 9.80. The van der Waals surface area contributed by atoms with Crippen LogP contribution in [0.4, 0.5) is 0 Å². The van der Waals surface area contributed by atoms with Crippen LogP contribution in [0.1, 0.15) is 38.3 Å². The number of hydrogen-bond acceptors (Lipinski definition) is 9. The molecule has 1 fully saturated rings. The van der Waals surface area contributed by atoms with E-state index in [9.17, 15) is 15.0 Å². The van der Waals surface area contributed by atoms with E-state index in [1.165, 1.54) is 7.11 Å². The average molecular weight is 532 g/mol. The van der Waals surface area contributed by atoms with Crippen LogP contribution in [0.5, 0.6) is 0 Å². The fraction of sp³-hybridized carbons (Fsp3) is 0.552. The van der Waals surface area contributed by atoms with Gasteiger partial charge < -0.3 is 33.9 Å². The van der Waals surface area contributed by atoms with E-state index in [2.05, 4.69) is 4.90 Å². The maximum Gasteiger partial charge on any atom is 0.308 e. The summed E-state index contributed by atoms with van der Waals surface area (Å²) in [4.78, 5) is 14.6. The Bertz CT molecular complexity index is 916. The number of aliphatic hydroxyl groups is 2. The standard InChI is InChI=1S/C29H41NO8/c1-5-35-25(33)16-23(32)26(28(36-20-34-4)27-24(19-31)37-29(2,3)38-27)30(17-21-12-8-6-9-13-21)18-22-14-10-7-11-15-22/h6-15,23-24,26-28,31-32H,5,16-20H2,1-4H3/t23-,24-,26+,27+,28+/m0/s1. The molecule has 2 N–H and O–H groups in total. The summed E-state index contributed by atoms with van der Waals surface area (Å²) in [5, 5.41) is 21.8. The van der Waals surface area contributed by atoms with Gasteiger partial charge in [0.05, 0.1) is 31.8 Å². The molecular weight excluding hydrogens is 490 g/mol. The fourth-order valence-corrected chi connectivity index (χ4v) is 4.90. The van der Waals surface area contributed by atoms with Crippen LogP contribution in [0, 0.1) is 0 Å². The molecule has 9 heteroatoms. The van der Waals surface area contributed by atoms with Gasteiger partial charge in [-0.2, -0.15) is 0 Å². The van der Waals surface area contributed by atoms with Crippen LogP contribution in [0.2, 0.25) is 0 Å². The van der Waals surface area contributed by atoms with E-state index < -0.39 is 42.2 Å². The molecule has 1 saturated heterocycles. The van der Waals surface area contributed by atoms with Gasteiger partial charge in [-0.1, -0.05) is 60.7 Å². The monoisotopic (exact) mass is 531 g/mol. The van der Waals surface area contributed by atoms with E-state index in [1.807, 2.05) is 60.7 Å². The van der Waals surface area contributed by atoms with Crippen molar-refractivity contribution in [3.63, 3.8) is 0 Å². The lowest BCUT2D eigenvalue weighted by molar-refractivity contribution is -0.192. The van der Waals surface area contributed by atoms with Gasteiger partial charge in [-0.3, -0.25) is 9.69 Å². The molecule has 2 aromatic carbocycles. The van der Waals surface area contributed by atoms with Crippen LogP contribution in [-0.2, 0) is 41.6 Å². The van der Waals surface area contributed by atoms with E-state index in [0.717, 1.165) is 11.1 Å². The third kappa shape index (κ3) is 8.57. The van der Waals surface area contributed by atoms with Gasteiger partial charge in [-0.15, -0.1) is 0 Å². The summed E-state index contributed by atoms with van der Waals surface area (Å²) >= 11 is 0. The summed E-state index contributed by atoms with van der Waals surface area (Å²) in [6, 6.07) is 19.0. The van der Waals surface area contributed by atoms with Gasteiger partial charge in [-0.05, 0) is 31.9 Å². The third-order valence-electron chi connectivity index (χ3n) is 6.39. The fourth-order valence-electron chi connectivity index (χ4n) is 4.90. The largest absolute Gasteiger partial charge is 0.466 e. The van der Waals surface area contributed by atoms with E-state index >= 15 is 0 Å². The number of benzene rings is 2. The Kier molecular flexibility index (Phi) is 11.7. The van der Waals surface area contributed by atoms with Gasteiger partial charge in [0, 0.05) is 20.2 Å². The molecule has 0 bridgehead atoms. The van der Waals surface area contributed by atoms with E-state index in [-0.39, 0.29) is 26.4 Å². The highest BCUT2D eigenvalue weighted by atomic mass is 16.8. The first kappa shape index (κ1) is 30.2. The normalized spacial score (nSPS) is 21.2. The summed E-state index contributed by atoms with van der Waals surface area (Å²) in [5.41, 5.74) is 2.04. The van der Waals surface area contributed by atoms with Crippen molar-refractivity contribution in [3.05, 3.63) is 71.8 Å². The Morgan fingerprint density at radius 1 is 1.03 bits per heavy atom. The lowest BCUT2D eigenvalue weighted by Crippen LogP contribution is -2.58. The van der Waals surface area contributed by atoms with Crippen molar-refractivity contribution in [2.24, 2.45) is 0 Å². The SMILES string of the molecule is CCOC(=O)C[C@H](O)[C@H]([C@@H](OCOC)[C@@H]1OC(C)(C)O[C@H]1CO)N(Cc1ccccc1)Cc1ccccc1. The van der Waals surface area contributed by atoms with Crippen LogP contribution in [0.3, 0.4) is 0 Å². The molecule has 1 aliphatic rings. The summed E-state index contributed by atoms with van der Waals surface area (Å²) in [7, 11) is 1.51. The molecular formula is C29H41NO8. The molecule has 0 amide bonds.